The average molecular weight is 253 g/mol. The summed E-state index contributed by atoms with van der Waals surface area (Å²) in [7, 11) is 1.70. The quantitative estimate of drug-likeness (QED) is 0.684. The van der Waals surface area contributed by atoms with Crippen LogP contribution in [-0.4, -0.2) is 39.5 Å². The van der Waals surface area contributed by atoms with E-state index in [9.17, 15) is 0 Å². The van der Waals surface area contributed by atoms with Gasteiger partial charge >= 0.3 is 0 Å². The Morgan fingerprint density at radius 3 is 2.44 bits per heavy atom. The van der Waals surface area contributed by atoms with Crippen LogP contribution >= 0.6 is 0 Å². The van der Waals surface area contributed by atoms with E-state index in [0.29, 0.717) is 25.9 Å². The van der Waals surface area contributed by atoms with Gasteiger partial charge in [0, 0.05) is 19.7 Å². The van der Waals surface area contributed by atoms with Crippen molar-refractivity contribution in [1.29, 1.82) is 0 Å². The number of ether oxygens (including phenoxy) is 3. The Morgan fingerprint density at radius 1 is 1.17 bits per heavy atom. The van der Waals surface area contributed by atoms with Crippen LogP contribution in [0.2, 0.25) is 0 Å². The largest absolute Gasteiger partial charge is 0.490 e. The maximum atomic E-state index is 5.69. The van der Waals surface area contributed by atoms with E-state index in [-0.39, 0.29) is 0 Å². The molecule has 1 aromatic rings. The van der Waals surface area contributed by atoms with Crippen LogP contribution in [0.15, 0.2) is 24.3 Å². The number of rotatable bonds is 9. The highest BCUT2D eigenvalue weighted by atomic mass is 16.5. The highest BCUT2D eigenvalue weighted by Gasteiger charge is 2.04. The molecule has 0 aliphatic rings. The van der Waals surface area contributed by atoms with Crippen molar-refractivity contribution in [1.82, 2.24) is 5.32 Å². The molecule has 0 saturated heterocycles. The first-order valence-electron chi connectivity index (χ1n) is 6.34. The van der Waals surface area contributed by atoms with E-state index in [4.69, 9.17) is 14.2 Å². The minimum atomic E-state index is 0.334. The second-order valence-corrected chi connectivity index (χ2v) is 4.04. The van der Waals surface area contributed by atoms with Gasteiger partial charge in [-0.3, -0.25) is 0 Å². The van der Waals surface area contributed by atoms with Gasteiger partial charge in [0.25, 0.3) is 0 Å². The van der Waals surface area contributed by atoms with Gasteiger partial charge < -0.3 is 19.5 Å². The summed E-state index contributed by atoms with van der Waals surface area (Å²) in [6.07, 6.45) is 0. The first kappa shape index (κ1) is 14.8. The van der Waals surface area contributed by atoms with Crippen molar-refractivity contribution in [2.24, 2.45) is 0 Å². The molecule has 0 aliphatic heterocycles. The lowest BCUT2D eigenvalue weighted by atomic mass is 10.3. The van der Waals surface area contributed by atoms with Gasteiger partial charge in [0.2, 0.25) is 0 Å². The SMILES string of the molecule is CCOc1ccccc1OCCNC(C)COC. The number of benzene rings is 1. The summed E-state index contributed by atoms with van der Waals surface area (Å²) in [5.41, 5.74) is 0. The maximum absolute atomic E-state index is 5.69. The molecule has 1 atom stereocenters. The molecule has 0 heterocycles. The third-order valence-corrected chi connectivity index (χ3v) is 2.42. The molecule has 18 heavy (non-hydrogen) atoms. The van der Waals surface area contributed by atoms with Crippen molar-refractivity contribution < 1.29 is 14.2 Å². The van der Waals surface area contributed by atoms with Crippen molar-refractivity contribution in [3.63, 3.8) is 0 Å². The van der Waals surface area contributed by atoms with Gasteiger partial charge in [0.15, 0.2) is 11.5 Å². The zero-order valence-corrected chi connectivity index (χ0v) is 11.4. The molecule has 4 heteroatoms. The predicted octanol–water partition coefficient (Wildman–Crippen LogP) is 2.09. The van der Waals surface area contributed by atoms with Crippen LogP contribution in [0.3, 0.4) is 0 Å². The molecule has 0 saturated carbocycles. The van der Waals surface area contributed by atoms with E-state index in [0.717, 1.165) is 18.0 Å². The smallest absolute Gasteiger partial charge is 0.161 e. The summed E-state index contributed by atoms with van der Waals surface area (Å²) >= 11 is 0. The fourth-order valence-electron chi connectivity index (χ4n) is 1.62. The molecule has 0 aromatic heterocycles. The summed E-state index contributed by atoms with van der Waals surface area (Å²) < 4.78 is 16.2. The van der Waals surface area contributed by atoms with Gasteiger partial charge in [0.1, 0.15) is 6.61 Å². The maximum Gasteiger partial charge on any atom is 0.161 e. The summed E-state index contributed by atoms with van der Waals surface area (Å²) in [6.45, 7) is 6.78. The lowest BCUT2D eigenvalue weighted by Crippen LogP contribution is -2.33. The molecular formula is C14H23NO3. The Kier molecular flexibility index (Phi) is 7.22. The Labute approximate surface area is 109 Å². The number of nitrogens with one attached hydrogen (secondary N) is 1. The normalized spacial score (nSPS) is 12.2. The molecular weight excluding hydrogens is 230 g/mol. The Hall–Kier alpha value is -1.26. The molecule has 0 bridgehead atoms. The van der Waals surface area contributed by atoms with Crippen LogP contribution in [0.4, 0.5) is 0 Å². The third-order valence-electron chi connectivity index (χ3n) is 2.42. The number of para-hydroxylation sites is 2. The Balaban J connectivity index is 2.30. The van der Waals surface area contributed by atoms with Gasteiger partial charge in [-0.05, 0) is 26.0 Å². The monoisotopic (exact) mass is 253 g/mol. The summed E-state index contributed by atoms with van der Waals surface area (Å²) in [6, 6.07) is 8.06. The minimum Gasteiger partial charge on any atom is -0.490 e. The van der Waals surface area contributed by atoms with Crippen LogP contribution < -0.4 is 14.8 Å². The van der Waals surface area contributed by atoms with Gasteiger partial charge in [0.05, 0.1) is 13.2 Å². The second-order valence-electron chi connectivity index (χ2n) is 4.04. The lowest BCUT2D eigenvalue weighted by Gasteiger charge is -2.14. The molecule has 1 aromatic carbocycles. The molecule has 1 N–H and O–H groups in total. The number of methoxy groups -OCH3 is 1. The van der Waals surface area contributed by atoms with Crippen LogP contribution in [0, 0.1) is 0 Å². The van der Waals surface area contributed by atoms with Crippen molar-refractivity contribution >= 4 is 0 Å². The zero-order valence-electron chi connectivity index (χ0n) is 11.4. The van der Waals surface area contributed by atoms with E-state index in [1.54, 1.807) is 7.11 Å². The third kappa shape index (κ3) is 5.38. The topological polar surface area (TPSA) is 39.7 Å². The van der Waals surface area contributed by atoms with Crippen molar-refractivity contribution in [2.45, 2.75) is 19.9 Å². The standard InChI is InChI=1S/C14H23NO3/c1-4-17-13-7-5-6-8-14(13)18-10-9-15-12(2)11-16-3/h5-8,12,15H,4,9-11H2,1-3H3. The first-order chi connectivity index (χ1) is 8.77. The summed E-state index contributed by atoms with van der Waals surface area (Å²) in [5.74, 6) is 1.59. The molecule has 0 fully saturated rings. The van der Waals surface area contributed by atoms with Crippen molar-refractivity contribution in [3.8, 4) is 11.5 Å². The van der Waals surface area contributed by atoms with Gasteiger partial charge in [-0.2, -0.15) is 0 Å². The molecule has 0 spiro atoms. The van der Waals surface area contributed by atoms with E-state index < -0.39 is 0 Å². The predicted molar refractivity (Wildman–Crippen MR) is 72.4 cm³/mol. The van der Waals surface area contributed by atoms with E-state index in [1.807, 2.05) is 31.2 Å². The van der Waals surface area contributed by atoms with Gasteiger partial charge in [-0.1, -0.05) is 12.1 Å². The molecule has 4 nitrogen and oxygen atoms in total. The zero-order chi connectivity index (χ0) is 13.2. The van der Waals surface area contributed by atoms with Crippen LogP contribution in [-0.2, 0) is 4.74 Å². The molecule has 1 rings (SSSR count). The first-order valence-corrected chi connectivity index (χ1v) is 6.34. The molecule has 0 amide bonds. The molecule has 102 valence electrons. The van der Waals surface area contributed by atoms with Crippen molar-refractivity contribution in [3.05, 3.63) is 24.3 Å². The average Bonchev–Trinajstić information content (AvgIpc) is 2.37. The van der Waals surface area contributed by atoms with Crippen molar-refractivity contribution in [2.75, 3.05) is 33.5 Å². The van der Waals surface area contributed by atoms with E-state index >= 15 is 0 Å². The fourth-order valence-corrected chi connectivity index (χ4v) is 1.62. The molecule has 0 aliphatic carbocycles. The van der Waals surface area contributed by atoms with E-state index in [1.165, 1.54) is 0 Å². The van der Waals surface area contributed by atoms with Crippen LogP contribution in [0.25, 0.3) is 0 Å². The van der Waals surface area contributed by atoms with E-state index in [2.05, 4.69) is 12.2 Å². The Bertz CT molecular complexity index is 331. The second kappa shape index (κ2) is 8.78. The fraction of sp³-hybridized carbons (Fsp3) is 0.571. The highest BCUT2D eigenvalue weighted by Crippen LogP contribution is 2.25. The van der Waals surface area contributed by atoms with Crippen LogP contribution in [0.5, 0.6) is 11.5 Å². The van der Waals surface area contributed by atoms with Gasteiger partial charge in [-0.15, -0.1) is 0 Å². The lowest BCUT2D eigenvalue weighted by molar-refractivity contribution is 0.168. The molecule has 1 unspecified atom stereocenters. The highest BCUT2D eigenvalue weighted by molar-refractivity contribution is 5.39. The molecule has 0 radical (unpaired) electrons. The minimum absolute atomic E-state index is 0.334. The van der Waals surface area contributed by atoms with Crippen LogP contribution in [0.1, 0.15) is 13.8 Å². The number of hydrogen-bond acceptors (Lipinski definition) is 4. The van der Waals surface area contributed by atoms with Gasteiger partial charge in [-0.25, -0.2) is 0 Å². The summed E-state index contributed by atoms with van der Waals surface area (Å²) in [5, 5.41) is 3.31. The Morgan fingerprint density at radius 2 is 1.83 bits per heavy atom. The summed E-state index contributed by atoms with van der Waals surface area (Å²) in [4.78, 5) is 0. The number of hydrogen-bond donors (Lipinski definition) is 1.